The average molecular weight is 374 g/mol. The van der Waals surface area contributed by atoms with Crippen molar-refractivity contribution in [2.45, 2.75) is 13.5 Å². The summed E-state index contributed by atoms with van der Waals surface area (Å²) in [6.45, 7) is 2.39. The average Bonchev–Trinajstić information content (AvgIpc) is 2.73. The third kappa shape index (κ3) is 5.20. The predicted octanol–water partition coefficient (Wildman–Crippen LogP) is 4.35. The summed E-state index contributed by atoms with van der Waals surface area (Å²) in [5.74, 6) is 0.993. The van der Waals surface area contributed by atoms with E-state index in [2.05, 4.69) is 10.5 Å². The fourth-order valence-electron chi connectivity index (χ4n) is 2.64. The molecule has 0 saturated heterocycles. The van der Waals surface area contributed by atoms with Crippen LogP contribution in [0.1, 0.15) is 27.0 Å². The number of nitrogens with zero attached hydrogens (tertiary/aromatic N) is 1. The van der Waals surface area contributed by atoms with Gasteiger partial charge in [-0.05, 0) is 48.4 Å². The van der Waals surface area contributed by atoms with Crippen LogP contribution in [0.25, 0.3) is 0 Å². The van der Waals surface area contributed by atoms with E-state index in [4.69, 9.17) is 9.47 Å². The summed E-state index contributed by atoms with van der Waals surface area (Å²) in [5.41, 5.74) is 5.98. The van der Waals surface area contributed by atoms with E-state index >= 15 is 0 Å². The van der Waals surface area contributed by atoms with Gasteiger partial charge < -0.3 is 9.47 Å². The number of methoxy groups -OCH3 is 1. The number of benzene rings is 3. The monoisotopic (exact) mass is 374 g/mol. The topological polar surface area (TPSA) is 59.9 Å². The number of amides is 1. The zero-order valence-electron chi connectivity index (χ0n) is 15.9. The highest BCUT2D eigenvalue weighted by molar-refractivity contribution is 5.95. The van der Waals surface area contributed by atoms with Crippen LogP contribution in [0.15, 0.2) is 77.9 Å². The molecule has 1 amide bonds. The van der Waals surface area contributed by atoms with Crippen LogP contribution in [-0.2, 0) is 6.61 Å². The lowest BCUT2D eigenvalue weighted by molar-refractivity contribution is 0.0955. The molecule has 0 aliphatic heterocycles. The van der Waals surface area contributed by atoms with Gasteiger partial charge in [0.25, 0.3) is 5.91 Å². The van der Waals surface area contributed by atoms with Crippen LogP contribution in [0.2, 0.25) is 0 Å². The van der Waals surface area contributed by atoms with Crippen LogP contribution in [0.3, 0.4) is 0 Å². The molecule has 0 bridgehead atoms. The molecule has 5 nitrogen and oxygen atoms in total. The first-order valence-corrected chi connectivity index (χ1v) is 8.90. The molecule has 3 aromatic carbocycles. The number of hydrogen-bond donors (Lipinski definition) is 1. The van der Waals surface area contributed by atoms with Crippen LogP contribution in [-0.4, -0.2) is 19.2 Å². The van der Waals surface area contributed by atoms with Gasteiger partial charge in [-0.1, -0.05) is 48.0 Å². The first kappa shape index (κ1) is 19.2. The molecule has 0 aromatic heterocycles. The first-order valence-electron chi connectivity index (χ1n) is 8.90. The van der Waals surface area contributed by atoms with E-state index in [1.54, 1.807) is 19.4 Å². The van der Waals surface area contributed by atoms with Crippen LogP contribution in [0.4, 0.5) is 0 Å². The van der Waals surface area contributed by atoms with Crippen LogP contribution in [0.5, 0.6) is 11.5 Å². The summed E-state index contributed by atoms with van der Waals surface area (Å²) in [5, 5.41) is 4.03. The second kappa shape index (κ2) is 9.37. The van der Waals surface area contributed by atoms with Crippen LogP contribution < -0.4 is 14.9 Å². The zero-order valence-corrected chi connectivity index (χ0v) is 15.9. The summed E-state index contributed by atoms with van der Waals surface area (Å²) in [7, 11) is 1.59. The summed E-state index contributed by atoms with van der Waals surface area (Å²) in [4.78, 5) is 12.1. The highest BCUT2D eigenvalue weighted by Crippen LogP contribution is 2.28. The number of carbonyl (C=O) groups excluding carboxylic acids is 1. The molecule has 3 aromatic rings. The predicted molar refractivity (Wildman–Crippen MR) is 110 cm³/mol. The Kier molecular flexibility index (Phi) is 6.41. The fraction of sp³-hybridized carbons (Fsp3) is 0.130. The first-order chi connectivity index (χ1) is 13.7. The minimum atomic E-state index is -0.255. The van der Waals surface area contributed by atoms with E-state index in [9.17, 15) is 4.79 Å². The van der Waals surface area contributed by atoms with E-state index in [0.29, 0.717) is 23.7 Å². The van der Waals surface area contributed by atoms with E-state index in [0.717, 1.165) is 16.7 Å². The number of ether oxygens (including phenoxy) is 2. The van der Waals surface area contributed by atoms with Crippen LogP contribution in [0, 0.1) is 6.92 Å². The number of hydrogen-bond acceptors (Lipinski definition) is 4. The molecule has 28 heavy (non-hydrogen) atoms. The zero-order chi connectivity index (χ0) is 19.8. The standard InChI is InChI=1S/C23H22N2O3/c1-17-7-6-10-20(13-17)23(26)25-24-15-19-11-12-21(22(14-19)27-2)28-16-18-8-4-3-5-9-18/h3-15H,16H2,1-2H3,(H,25,26). The maximum Gasteiger partial charge on any atom is 0.271 e. The molecular weight excluding hydrogens is 352 g/mol. The molecule has 0 aliphatic carbocycles. The van der Waals surface area contributed by atoms with Gasteiger partial charge in [-0.15, -0.1) is 0 Å². The largest absolute Gasteiger partial charge is 0.493 e. The van der Waals surface area contributed by atoms with Crippen molar-refractivity contribution in [3.8, 4) is 11.5 Å². The third-order valence-electron chi connectivity index (χ3n) is 4.08. The van der Waals surface area contributed by atoms with E-state index in [1.807, 2.05) is 73.7 Å². The second-order valence-corrected chi connectivity index (χ2v) is 6.25. The number of rotatable bonds is 7. The molecule has 1 N–H and O–H groups in total. The maximum atomic E-state index is 12.1. The van der Waals surface area contributed by atoms with Crippen molar-refractivity contribution in [3.05, 3.63) is 95.1 Å². The van der Waals surface area contributed by atoms with Gasteiger partial charge in [-0.2, -0.15) is 5.10 Å². The Hall–Kier alpha value is -3.60. The van der Waals surface area contributed by atoms with E-state index < -0.39 is 0 Å². The molecule has 0 aliphatic rings. The Labute approximate surface area is 164 Å². The Morgan fingerprint density at radius 2 is 1.82 bits per heavy atom. The number of nitrogens with one attached hydrogen (secondary N) is 1. The van der Waals surface area contributed by atoms with Crippen molar-refractivity contribution in [3.63, 3.8) is 0 Å². The van der Waals surface area contributed by atoms with Crippen molar-refractivity contribution in [1.29, 1.82) is 0 Å². The molecule has 0 unspecified atom stereocenters. The Morgan fingerprint density at radius 3 is 2.57 bits per heavy atom. The second-order valence-electron chi connectivity index (χ2n) is 6.25. The van der Waals surface area contributed by atoms with Gasteiger partial charge in [0.05, 0.1) is 13.3 Å². The van der Waals surface area contributed by atoms with Gasteiger partial charge in [0.1, 0.15) is 6.61 Å². The SMILES string of the molecule is COc1cc(C=NNC(=O)c2cccc(C)c2)ccc1OCc1ccccc1. The van der Waals surface area contributed by atoms with Crippen LogP contribution >= 0.6 is 0 Å². The Morgan fingerprint density at radius 1 is 1.00 bits per heavy atom. The van der Waals surface area contributed by atoms with Gasteiger partial charge in [0.2, 0.25) is 0 Å². The van der Waals surface area contributed by atoms with Crippen molar-refractivity contribution in [1.82, 2.24) is 5.43 Å². The highest BCUT2D eigenvalue weighted by Gasteiger charge is 2.06. The molecule has 0 radical (unpaired) electrons. The minimum Gasteiger partial charge on any atom is -0.493 e. The highest BCUT2D eigenvalue weighted by atomic mass is 16.5. The molecule has 0 spiro atoms. The van der Waals surface area contributed by atoms with Gasteiger partial charge in [0.15, 0.2) is 11.5 Å². The normalized spacial score (nSPS) is 10.6. The summed E-state index contributed by atoms with van der Waals surface area (Å²) in [6, 6.07) is 22.7. The fourth-order valence-corrected chi connectivity index (χ4v) is 2.64. The third-order valence-corrected chi connectivity index (χ3v) is 4.08. The smallest absolute Gasteiger partial charge is 0.271 e. The molecule has 0 heterocycles. The van der Waals surface area contributed by atoms with Crippen molar-refractivity contribution in [2.75, 3.05) is 7.11 Å². The quantitative estimate of drug-likeness (QED) is 0.494. The lowest BCUT2D eigenvalue weighted by Gasteiger charge is -2.11. The summed E-state index contributed by atoms with van der Waals surface area (Å²) >= 11 is 0. The maximum absolute atomic E-state index is 12.1. The van der Waals surface area contributed by atoms with Gasteiger partial charge in [-0.25, -0.2) is 5.43 Å². The molecule has 0 fully saturated rings. The van der Waals surface area contributed by atoms with Crippen molar-refractivity contribution >= 4 is 12.1 Å². The number of hydrazone groups is 1. The molecule has 5 heteroatoms. The summed E-state index contributed by atoms with van der Waals surface area (Å²) in [6.07, 6.45) is 1.57. The van der Waals surface area contributed by atoms with Gasteiger partial charge >= 0.3 is 0 Å². The Bertz CT molecular complexity index is 969. The van der Waals surface area contributed by atoms with Gasteiger partial charge in [0, 0.05) is 5.56 Å². The van der Waals surface area contributed by atoms with Crippen molar-refractivity contribution < 1.29 is 14.3 Å². The summed E-state index contributed by atoms with van der Waals surface area (Å²) < 4.78 is 11.3. The molecule has 0 saturated carbocycles. The van der Waals surface area contributed by atoms with Crippen molar-refractivity contribution in [2.24, 2.45) is 5.10 Å². The molecular formula is C23H22N2O3. The molecule has 3 rings (SSSR count). The number of aryl methyl sites for hydroxylation is 1. The van der Waals surface area contributed by atoms with Gasteiger partial charge in [-0.3, -0.25) is 4.79 Å². The number of carbonyl (C=O) groups is 1. The lowest BCUT2D eigenvalue weighted by atomic mass is 10.1. The lowest BCUT2D eigenvalue weighted by Crippen LogP contribution is -2.17. The minimum absolute atomic E-state index is 0.255. The molecule has 0 atom stereocenters. The van der Waals surface area contributed by atoms with E-state index in [-0.39, 0.29) is 5.91 Å². The van der Waals surface area contributed by atoms with E-state index in [1.165, 1.54) is 0 Å². The Balaban J connectivity index is 1.62. The molecule has 142 valence electrons.